The molecule has 0 fully saturated rings. The van der Waals surface area contributed by atoms with Gasteiger partial charge in [-0.1, -0.05) is 159 Å². The summed E-state index contributed by atoms with van der Waals surface area (Å²) in [4.78, 5) is 10.6. The Morgan fingerprint density at radius 1 is 0.393 bits per heavy atom. The van der Waals surface area contributed by atoms with Crippen molar-refractivity contribution in [3.05, 3.63) is 193 Å². The SMILES string of the molecule is CC1(C)c2ccccc2-c2ccc(-c3cc(-c4cc(-c5ccccc5)cc(-c5ccc6c(c5)sc5c7ccccc7ccc65)c4)nc(-c4ccccc4)n3)cc21. The van der Waals surface area contributed by atoms with Crippen molar-refractivity contribution in [2.45, 2.75) is 19.3 Å². The summed E-state index contributed by atoms with van der Waals surface area (Å²) in [5.74, 6) is 0.715. The van der Waals surface area contributed by atoms with Crippen LogP contribution in [-0.4, -0.2) is 9.97 Å². The predicted octanol–water partition coefficient (Wildman–Crippen LogP) is 14.6. The van der Waals surface area contributed by atoms with E-state index in [2.05, 4.69) is 190 Å². The first-order valence-electron chi connectivity index (χ1n) is 19.2. The van der Waals surface area contributed by atoms with E-state index >= 15 is 0 Å². The molecule has 0 radical (unpaired) electrons. The third kappa shape index (κ3) is 5.31. The second-order valence-electron chi connectivity index (χ2n) is 15.4. The molecule has 0 spiro atoms. The van der Waals surface area contributed by atoms with Crippen molar-refractivity contribution >= 4 is 42.3 Å². The van der Waals surface area contributed by atoms with E-state index in [0.717, 1.165) is 39.2 Å². The fourth-order valence-corrected chi connectivity index (χ4v) is 10.0. The van der Waals surface area contributed by atoms with Crippen molar-refractivity contribution in [2.24, 2.45) is 0 Å². The van der Waals surface area contributed by atoms with E-state index < -0.39 is 0 Å². The Kier molecular flexibility index (Phi) is 7.42. The van der Waals surface area contributed by atoms with Crippen LogP contribution in [0, 0.1) is 0 Å². The second-order valence-corrected chi connectivity index (χ2v) is 16.5. The average molecular weight is 733 g/mol. The molecule has 1 aliphatic carbocycles. The van der Waals surface area contributed by atoms with Gasteiger partial charge in [0, 0.05) is 42.3 Å². The van der Waals surface area contributed by atoms with Crippen molar-refractivity contribution in [3.63, 3.8) is 0 Å². The molecule has 0 amide bonds. The largest absolute Gasteiger partial charge is 0.228 e. The fraction of sp³-hybridized carbons (Fsp3) is 0.0566. The van der Waals surface area contributed by atoms with Crippen LogP contribution < -0.4 is 0 Å². The number of benzene rings is 8. The van der Waals surface area contributed by atoms with Crippen LogP contribution in [0.5, 0.6) is 0 Å². The quantitative estimate of drug-likeness (QED) is 0.176. The smallest absolute Gasteiger partial charge is 0.160 e. The molecule has 0 atom stereocenters. The monoisotopic (exact) mass is 732 g/mol. The van der Waals surface area contributed by atoms with Gasteiger partial charge in [0.05, 0.1) is 11.4 Å². The molecule has 8 aromatic carbocycles. The Balaban J connectivity index is 1.10. The number of nitrogens with zero attached hydrogens (tertiary/aromatic N) is 2. The van der Waals surface area contributed by atoms with E-state index in [1.165, 1.54) is 64.3 Å². The summed E-state index contributed by atoms with van der Waals surface area (Å²) in [7, 11) is 0. The number of hydrogen-bond donors (Lipinski definition) is 0. The van der Waals surface area contributed by atoms with E-state index in [1.807, 2.05) is 17.4 Å². The van der Waals surface area contributed by atoms with E-state index in [1.54, 1.807) is 0 Å². The molecule has 2 aromatic heterocycles. The lowest BCUT2D eigenvalue weighted by Crippen LogP contribution is -2.14. The molecule has 0 aliphatic heterocycles. The van der Waals surface area contributed by atoms with Crippen LogP contribution in [0.2, 0.25) is 0 Å². The molecule has 0 saturated carbocycles. The average Bonchev–Trinajstić information content (AvgIpc) is 3.75. The van der Waals surface area contributed by atoms with Crippen LogP contribution in [-0.2, 0) is 5.41 Å². The molecule has 0 N–H and O–H groups in total. The van der Waals surface area contributed by atoms with Crippen LogP contribution >= 0.6 is 11.3 Å². The maximum absolute atomic E-state index is 5.30. The Morgan fingerprint density at radius 3 is 1.84 bits per heavy atom. The van der Waals surface area contributed by atoms with Gasteiger partial charge < -0.3 is 0 Å². The van der Waals surface area contributed by atoms with Gasteiger partial charge in [-0.25, -0.2) is 9.97 Å². The van der Waals surface area contributed by atoms with Crippen molar-refractivity contribution in [1.82, 2.24) is 9.97 Å². The first kappa shape index (κ1) is 32.7. The highest BCUT2D eigenvalue weighted by Crippen LogP contribution is 2.50. The summed E-state index contributed by atoms with van der Waals surface area (Å²) in [5.41, 5.74) is 14.8. The molecular formula is C53H36N2S. The minimum Gasteiger partial charge on any atom is -0.228 e. The van der Waals surface area contributed by atoms with Gasteiger partial charge in [-0.2, -0.15) is 0 Å². The Labute approximate surface area is 330 Å². The molecule has 0 bridgehead atoms. The molecule has 11 rings (SSSR count). The highest BCUT2D eigenvalue weighted by Gasteiger charge is 2.35. The van der Waals surface area contributed by atoms with Crippen molar-refractivity contribution in [2.75, 3.05) is 0 Å². The molecule has 0 unspecified atom stereocenters. The molecule has 56 heavy (non-hydrogen) atoms. The number of aromatic nitrogens is 2. The number of rotatable bonds is 5. The molecule has 2 nitrogen and oxygen atoms in total. The van der Waals surface area contributed by atoms with Crippen LogP contribution in [0.4, 0.5) is 0 Å². The van der Waals surface area contributed by atoms with Crippen LogP contribution in [0.15, 0.2) is 182 Å². The number of thiophene rings is 1. The maximum atomic E-state index is 5.30. The van der Waals surface area contributed by atoms with Gasteiger partial charge in [0.1, 0.15) is 0 Å². The molecule has 10 aromatic rings. The lowest BCUT2D eigenvalue weighted by molar-refractivity contribution is 0.660. The third-order valence-electron chi connectivity index (χ3n) is 11.7. The van der Waals surface area contributed by atoms with Gasteiger partial charge >= 0.3 is 0 Å². The van der Waals surface area contributed by atoms with E-state index in [0.29, 0.717) is 5.82 Å². The van der Waals surface area contributed by atoms with Crippen molar-refractivity contribution in [3.8, 4) is 67.3 Å². The molecule has 2 heterocycles. The first-order valence-corrected chi connectivity index (χ1v) is 20.0. The molecular weight excluding hydrogens is 697 g/mol. The standard InChI is InChI=1S/C53H36N2S/c1-53(2)46-20-12-11-19-42(46)43-24-23-37(30-47(43)53)48-32-49(55-52(54-48)35-16-7-4-8-17-35)40-28-38(33-13-5-3-6-14-33)27-39(29-40)36-22-25-44-45-26-21-34-15-9-10-18-41(34)51(45)56-50(44)31-36/h3-32H,1-2H3. The second kappa shape index (κ2) is 12.7. The first-order chi connectivity index (χ1) is 27.5. The van der Waals surface area contributed by atoms with Gasteiger partial charge in [0.25, 0.3) is 0 Å². The van der Waals surface area contributed by atoms with E-state index in [-0.39, 0.29) is 5.41 Å². The fourth-order valence-electron chi connectivity index (χ4n) is 8.75. The lowest BCUT2D eigenvalue weighted by atomic mass is 9.82. The zero-order valence-electron chi connectivity index (χ0n) is 31.1. The van der Waals surface area contributed by atoms with Gasteiger partial charge in [-0.05, 0) is 91.7 Å². The van der Waals surface area contributed by atoms with Gasteiger partial charge in [0.2, 0.25) is 0 Å². The third-order valence-corrected chi connectivity index (χ3v) is 12.9. The summed E-state index contributed by atoms with van der Waals surface area (Å²) in [6.07, 6.45) is 0. The normalized spacial score (nSPS) is 13.0. The van der Waals surface area contributed by atoms with Gasteiger partial charge in [-0.15, -0.1) is 11.3 Å². The summed E-state index contributed by atoms with van der Waals surface area (Å²) in [5, 5.41) is 5.20. The van der Waals surface area contributed by atoms with Gasteiger partial charge in [0.15, 0.2) is 5.82 Å². The molecule has 0 saturated heterocycles. The maximum Gasteiger partial charge on any atom is 0.160 e. The molecule has 264 valence electrons. The minimum absolute atomic E-state index is 0.110. The summed E-state index contributed by atoms with van der Waals surface area (Å²) >= 11 is 1.88. The highest BCUT2D eigenvalue weighted by atomic mass is 32.1. The van der Waals surface area contributed by atoms with Gasteiger partial charge in [-0.3, -0.25) is 0 Å². The summed E-state index contributed by atoms with van der Waals surface area (Å²) < 4.78 is 2.63. The summed E-state index contributed by atoms with van der Waals surface area (Å²) in [6, 6.07) is 66.0. The number of fused-ring (bicyclic) bond motifs is 8. The highest BCUT2D eigenvalue weighted by molar-refractivity contribution is 7.26. The van der Waals surface area contributed by atoms with Crippen molar-refractivity contribution < 1.29 is 0 Å². The number of hydrogen-bond acceptors (Lipinski definition) is 3. The molecule has 1 aliphatic rings. The summed E-state index contributed by atoms with van der Waals surface area (Å²) in [6.45, 7) is 4.66. The Morgan fingerprint density at radius 2 is 1.02 bits per heavy atom. The molecule has 3 heteroatoms. The Bertz CT molecular complexity index is 3160. The van der Waals surface area contributed by atoms with Crippen LogP contribution in [0.1, 0.15) is 25.0 Å². The topological polar surface area (TPSA) is 25.8 Å². The van der Waals surface area contributed by atoms with Crippen LogP contribution in [0.3, 0.4) is 0 Å². The van der Waals surface area contributed by atoms with Crippen molar-refractivity contribution in [1.29, 1.82) is 0 Å². The zero-order chi connectivity index (χ0) is 37.4. The minimum atomic E-state index is -0.110. The van der Waals surface area contributed by atoms with E-state index in [9.17, 15) is 0 Å². The lowest BCUT2D eigenvalue weighted by Gasteiger charge is -2.22. The zero-order valence-corrected chi connectivity index (χ0v) is 31.9. The van der Waals surface area contributed by atoms with E-state index in [4.69, 9.17) is 9.97 Å². The van der Waals surface area contributed by atoms with Crippen LogP contribution in [0.25, 0.3) is 98.2 Å². The predicted molar refractivity (Wildman–Crippen MR) is 237 cm³/mol. The Hall–Kier alpha value is -6.68.